The number of nitrogens with zero attached hydrogens (tertiary/aromatic N) is 6. The molecule has 260 valence electrons. The lowest BCUT2D eigenvalue weighted by molar-refractivity contribution is -0.133. The minimum atomic E-state index is 0.00350. The molecule has 0 aliphatic carbocycles. The number of hydrogen-bond acceptors (Lipinski definition) is 6. The number of likely N-dealkylation sites (tertiary alicyclic amines) is 2. The number of hydrogen-bond donors (Lipinski definition) is 1. The van der Waals surface area contributed by atoms with Gasteiger partial charge in [0.05, 0.1) is 34.3 Å². The van der Waals surface area contributed by atoms with Crippen molar-refractivity contribution in [2.45, 2.75) is 57.5 Å². The Bertz CT molecular complexity index is 2020. The first-order chi connectivity index (χ1) is 24.1. The summed E-state index contributed by atoms with van der Waals surface area (Å²) in [6.07, 6.45) is 4.95. The quantitative estimate of drug-likeness (QED) is 0.172. The number of nitrogens with one attached hydrogen (secondary N) is 1. The molecule has 1 N–H and O–H groups in total. The van der Waals surface area contributed by atoms with E-state index in [4.69, 9.17) is 9.97 Å². The molecule has 5 aromatic rings. The van der Waals surface area contributed by atoms with Gasteiger partial charge in [0.25, 0.3) is 0 Å². The molecule has 2 unspecified atom stereocenters. The minimum absolute atomic E-state index is 0.00350. The minimum Gasteiger partial charge on any atom is -0.340 e. The molecular weight excluding hydrogens is 622 g/mol. The van der Waals surface area contributed by atoms with Crippen molar-refractivity contribution < 1.29 is 9.59 Å². The largest absolute Gasteiger partial charge is 0.340 e. The number of aromatic nitrogens is 3. The molecule has 3 aromatic carbocycles. The van der Waals surface area contributed by atoms with Gasteiger partial charge in [-0.25, -0.2) is 4.98 Å². The molecule has 0 bridgehead atoms. The number of H-pyrrole nitrogens is 1. The maximum absolute atomic E-state index is 13.1. The third-order valence-electron chi connectivity index (χ3n) is 10.4. The standard InChI is InChI=1S/C41H49N7O2/c1-27-24-36(37-8-6-20-47(37)39(49)18-22-45(2)3)42-34-25-30(14-16-32(27)34)28-10-12-29(13-11-28)31-15-17-33-35(26-31)44-41(43-33)38-9-7-21-48(38)40(50)19-23-46(4)5/h10-17,24-26,37-38H,6-9,18-23H2,1-5H3,(H,43,44). The molecule has 2 fully saturated rings. The number of pyridine rings is 1. The van der Waals surface area contributed by atoms with Crippen LogP contribution in [0.2, 0.25) is 0 Å². The average molecular weight is 672 g/mol. The number of amides is 2. The number of aryl methyl sites for hydroxylation is 1. The zero-order valence-electron chi connectivity index (χ0n) is 30.1. The smallest absolute Gasteiger partial charge is 0.224 e. The second-order valence-electron chi connectivity index (χ2n) is 14.6. The summed E-state index contributed by atoms with van der Waals surface area (Å²) in [6, 6.07) is 23.8. The highest BCUT2D eigenvalue weighted by molar-refractivity contribution is 5.88. The highest BCUT2D eigenvalue weighted by atomic mass is 16.2. The van der Waals surface area contributed by atoms with Crippen molar-refractivity contribution in [2.24, 2.45) is 0 Å². The maximum Gasteiger partial charge on any atom is 0.224 e. The SMILES string of the molecule is Cc1cc(C2CCCN2C(=O)CCN(C)C)nc2cc(-c3ccc(-c4ccc5nc(C6CCCN6C(=O)CCN(C)C)[nH]c5c4)cc3)ccc12. The monoisotopic (exact) mass is 671 g/mol. The van der Waals surface area contributed by atoms with Gasteiger partial charge in [-0.1, -0.05) is 42.5 Å². The van der Waals surface area contributed by atoms with Crippen molar-refractivity contribution in [1.29, 1.82) is 0 Å². The number of imidazole rings is 1. The van der Waals surface area contributed by atoms with Crippen LogP contribution in [0.5, 0.6) is 0 Å². The zero-order valence-corrected chi connectivity index (χ0v) is 30.1. The van der Waals surface area contributed by atoms with E-state index >= 15 is 0 Å². The third kappa shape index (κ3) is 7.02. The van der Waals surface area contributed by atoms with Crippen LogP contribution in [0.15, 0.2) is 66.7 Å². The molecule has 9 heteroatoms. The Kier molecular flexibility index (Phi) is 9.71. The number of carbonyl (C=O) groups excluding carboxylic acids is 2. The molecule has 0 spiro atoms. The van der Waals surface area contributed by atoms with Crippen LogP contribution in [0.4, 0.5) is 0 Å². The van der Waals surface area contributed by atoms with Crippen LogP contribution in [-0.2, 0) is 9.59 Å². The molecule has 50 heavy (non-hydrogen) atoms. The molecule has 0 radical (unpaired) electrons. The van der Waals surface area contributed by atoms with Crippen molar-refractivity contribution >= 4 is 33.8 Å². The summed E-state index contributed by atoms with van der Waals surface area (Å²) < 4.78 is 0. The predicted octanol–water partition coefficient (Wildman–Crippen LogP) is 6.98. The van der Waals surface area contributed by atoms with E-state index in [1.54, 1.807) is 0 Å². The van der Waals surface area contributed by atoms with Gasteiger partial charge in [-0.15, -0.1) is 0 Å². The summed E-state index contributed by atoms with van der Waals surface area (Å²) >= 11 is 0. The van der Waals surface area contributed by atoms with E-state index < -0.39 is 0 Å². The summed E-state index contributed by atoms with van der Waals surface area (Å²) in [5.41, 5.74) is 9.55. The average Bonchev–Trinajstić information content (AvgIpc) is 3.89. The fraction of sp³-hybridized carbons (Fsp3) is 0.415. The molecule has 2 atom stereocenters. The van der Waals surface area contributed by atoms with Crippen molar-refractivity contribution in [3.63, 3.8) is 0 Å². The fourth-order valence-electron chi connectivity index (χ4n) is 7.65. The Labute approximate surface area is 295 Å². The molecular formula is C41H49N7O2. The highest BCUT2D eigenvalue weighted by Crippen LogP contribution is 2.36. The number of aromatic amines is 1. The lowest BCUT2D eigenvalue weighted by Crippen LogP contribution is -2.33. The van der Waals surface area contributed by atoms with E-state index in [1.165, 1.54) is 5.56 Å². The van der Waals surface area contributed by atoms with E-state index in [-0.39, 0.29) is 23.9 Å². The van der Waals surface area contributed by atoms with Crippen LogP contribution in [0, 0.1) is 6.92 Å². The van der Waals surface area contributed by atoms with E-state index in [2.05, 4.69) is 88.4 Å². The molecule has 4 heterocycles. The first-order valence-electron chi connectivity index (χ1n) is 18.0. The van der Waals surface area contributed by atoms with Gasteiger partial charge in [-0.2, -0.15) is 0 Å². The van der Waals surface area contributed by atoms with Crippen LogP contribution in [0.25, 0.3) is 44.2 Å². The van der Waals surface area contributed by atoms with Gasteiger partial charge in [0.1, 0.15) is 5.82 Å². The van der Waals surface area contributed by atoms with Gasteiger partial charge >= 0.3 is 0 Å². The first kappa shape index (κ1) is 33.9. The number of carbonyl (C=O) groups is 2. The second kappa shape index (κ2) is 14.3. The topological polar surface area (TPSA) is 88.7 Å². The third-order valence-corrected chi connectivity index (χ3v) is 10.4. The van der Waals surface area contributed by atoms with Crippen molar-refractivity contribution in [3.05, 3.63) is 83.8 Å². The summed E-state index contributed by atoms with van der Waals surface area (Å²) in [7, 11) is 8.01. The van der Waals surface area contributed by atoms with Crippen LogP contribution >= 0.6 is 0 Å². The van der Waals surface area contributed by atoms with Crippen molar-refractivity contribution in [2.75, 3.05) is 54.4 Å². The molecule has 2 aliphatic rings. The lowest BCUT2D eigenvalue weighted by atomic mass is 9.98. The van der Waals surface area contributed by atoms with E-state index in [0.29, 0.717) is 12.8 Å². The fourth-order valence-corrected chi connectivity index (χ4v) is 7.65. The van der Waals surface area contributed by atoms with Gasteiger partial charge in [0.2, 0.25) is 11.8 Å². The molecule has 7 rings (SSSR count). The highest BCUT2D eigenvalue weighted by Gasteiger charge is 2.32. The van der Waals surface area contributed by atoms with E-state index in [9.17, 15) is 9.59 Å². The van der Waals surface area contributed by atoms with Gasteiger partial charge in [0.15, 0.2) is 0 Å². The number of benzene rings is 3. The van der Waals surface area contributed by atoms with Crippen LogP contribution in [-0.4, -0.2) is 101 Å². The Morgan fingerprint density at radius 2 is 1.26 bits per heavy atom. The van der Waals surface area contributed by atoms with E-state index in [0.717, 1.165) is 108 Å². The van der Waals surface area contributed by atoms with Gasteiger partial charge in [-0.05, 0) is 113 Å². The Balaban J connectivity index is 1.09. The molecule has 2 aromatic heterocycles. The van der Waals surface area contributed by atoms with Crippen LogP contribution in [0.1, 0.15) is 67.7 Å². The number of rotatable bonds is 10. The van der Waals surface area contributed by atoms with E-state index in [1.807, 2.05) is 38.0 Å². The summed E-state index contributed by atoms with van der Waals surface area (Å²) in [4.78, 5) is 47.8. The summed E-state index contributed by atoms with van der Waals surface area (Å²) in [5, 5.41) is 1.14. The maximum atomic E-state index is 13.1. The molecule has 0 saturated carbocycles. The normalized spacial score (nSPS) is 18.0. The lowest BCUT2D eigenvalue weighted by Gasteiger charge is -2.25. The first-order valence-corrected chi connectivity index (χ1v) is 18.0. The Morgan fingerprint density at radius 1 is 0.700 bits per heavy atom. The van der Waals surface area contributed by atoms with Crippen molar-refractivity contribution in [1.82, 2.24) is 34.6 Å². The molecule has 9 nitrogen and oxygen atoms in total. The van der Waals surface area contributed by atoms with Crippen LogP contribution < -0.4 is 0 Å². The molecule has 2 aliphatic heterocycles. The van der Waals surface area contributed by atoms with Gasteiger partial charge < -0.3 is 24.6 Å². The number of fused-ring (bicyclic) bond motifs is 2. The molecule has 2 amide bonds. The zero-order chi connectivity index (χ0) is 34.9. The van der Waals surface area contributed by atoms with Gasteiger partial charge in [0, 0.05) is 44.4 Å². The van der Waals surface area contributed by atoms with Crippen LogP contribution in [0.3, 0.4) is 0 Å². The molecule has 2 saturated heterocycles. The Hall–Kier alpha value is -4.60. The predicted molar refractivity (Wildman–Crippen MR) is 201 cm³/mol. The summed E-state index contributed by atoms with van der Waals surface area (Å²) in [5.74, 6) is 1.29. The Morgan fingerprint density at radius 3 is 1.90 bits per heavy atom. The summed E-state index contributed by atoms with van der Waals surface area (Å²) in [6.45, 7) is 5.24. The van der Waals surface area contributed by atoms with Crippen molar-refractivity contribution in [3.8, 4) is 22.3 Å². The van der Waals surface area contributed by atoms with Gasteiger partial charge in [-0.3, -0.25) is 14.6 Å². The second-order valence-corrected chi connectivity index (χ2v) is 14.6.